The third kappa shape index (κ3) is 7.65. The molecule has 2 aromatic carbocycles. The summed E-state index contributed by atoms with van der Waals surface area (Å²) in [5.74, 6) is -2.37. The average Bonchev–Trinajstić information content (AvgIpc) is 2.98. The van der Waals surface area contributed by atoms with E-state index in [0.717, 1.165) is 69.6 Å². The first kappa shape index (κ1) is 31.2. The Morgan fingerprint density at radius 1 is 0.762 bits per heavy atom. The quantitative estimate of drug-likeness (QED) is 0.202. The molecule has 2 aromatic rings. The van der Waals surface area contributed by atoms with Crippen LogP contribution in [0, 0.1) is 47.0 Å². The number of alkyl halides is 2. The van der Waals surface area contributed by atoms with Gasteiger partial charge in [-0.25, -0.2) is 13.2 Å². The number of hydrogen-bond donors (Lipinski definition) is 0. The van der Waals surface area contributed by atoms with Crippen molar-refractivity contribution in [2.75, 3.05) is 13.2 Å². The lowest BCUT2D eigenvalue weighted by Crippen LogP contribution is -2.40. The molecule has 1 saturated heterocycles. The third-order valence-electron chi connectivity index (χ3n) is 9.73. The number of unbranched alkanes of at least 4 members (excludes halogenated alkanes) is 2. The van der Waals surface area contributed by atoms with Crippen LogP contribution in [-0.4, -0.2) is 25.6 Å². The van der Waals surface area contributed by atoms with E-state index >= 15 is 8.78 Å². The van der Waals surface area contributed by atoms with Crippen LogP contribution in [0.15, 0.2) is 36.4 Å². The van der Waals surface area contributed by atoms with Crippen LogP contribution in [0.2, 0.25) is 0 Å². The number of hydrogen-bond acceptors (Lipinski definition) is 3. The molecule has 0 unspecified atom stereocenters. The van der Waals surface area contributed by atoms with Crippen LogP contribution in [0.3, 0.4) is 0 Å². The van der Waals surface area contributed by atoms with E-state index in [0.29, 0.717) is 49.4 Å². The van der Waals surface area contributed by atoms with E-state index in [4.69, 9.17) is 14.2 Å². The molecule has 0 aromatic heterocycles. The van der Waals surface area contributed by atoms with Crippen molar-refractivity contribution in [2.45, 2.75) is 96.4 Å². The predicted molar refractivity (Wildman–Crippen MR) is 152 cm³/mol. The van der Waals surface area contributed by atoms with Crippen molar-refractivity contribution in [3.05, 3.63) is 53.8 Å². The van der Waals surface area contributed by atoms with Crippen LogP contribution in [0.25, 0.3) is 11.1 Å². The van der Waals surface area contributed by atoms with E-state index in [1.807, 2.05) is 0 Å². The van der Waals surface area contributed by atoms with Crippen molar-refractivity contribution in [2.24, 2.45) is 29.6 Å². The van der Waals surface area contributed by atoms with Gasteiger partial charge >= 0.3 is 6.11 Å². The van der Waals surface area contributed by atoms with E-state index in [1.54, 1.807) is 0 Å². The largest absolute Gasteiger partial charge is 0.432 e. The summed E-state index contributed by atoms with van der Waals surface area (Å²) in [7, 11) is 0. The van der Waals surface area contributed by atoms with Crippen molar-refractivity contribution in [1.29, 1.82) is 0 Å². The molecule has 3 fully saturated rings. The van der Waals surface area contributed by atoms with Gasteiger partial charge in [0.2, 0.25) is 0 Å². The minimum atomic E-state index is -3.54. The molecule has 0 atom stereocenters. The molecule has 2 aliphatic carbocycles. The molecule has 0 bridgehead atoms. The fourth-order valence-corrected chi connectivity index (χ4v) is 7.24. The number of halogens is 5. The summed E-state index contributed by atoms with van der Waals surface area (Å²) in [5.41, 5.74) is -0.295. The maximum atomic E-state index is 15.1. The second-order valence-electron chi connectivity index (χ2n) is 12.6. The Hall–Kier alpha value is -2.19. The summed E-state index contributed by atoms with van der Waals surface area (Å²) in [5, 5.41) is 0. The van der Waals surface area contributed by atoms with Gasteiger partial charge in [-0.1, -0.05) is 38.3 Å². The maximum Gasteiger partial charge on any atom is 0.400 e. The lowest BCUT2D eigenvalue weighted by Gasteiger charge is -2.41. The van der Waals surface area contributed by atoms with Gasteiger partial charge in [0.05, 0.1) is 24.7 Å². The number of ether oxygens (including phenoxy) is 3. The highest BCUT2D eigenvalue weighted by Crippen LogP contribution is 2.46. The van der Waals surface area contributed by atoms with Crippen LogP contribution in [-0.2, 0) is 9.47 Å². The summed E-state index contributed by atoms with van der Waals surface area (Å²) in [6, 6.07) is 6.17. The van der Waals surface area contributed by atoms with Gasteiger partial charge in [0, 0.05) is 24.0 Å². The zero-order valence-electron chi connectivity index (χ0n) is 24.4. The second kappa shape index (κ2) is 14.1. The first-order valence-electron chi connectivity index (χ1n) is 15.8. The maximum absolute atomic E-state index is 15.1. The van der Waals surface area contributed by atoms with Gasteiger partial charge in [-0.3, -0.25) is 0 Å². The Morgan fingerprint density at radius 2 is 1.31 bits per heavy atom. The van der Waals surface area contributed by atoms with Crippen molar-refractivity contribution in [3.8, 4) is 16.9 Å². The van der Waals surface area contributed by atoms with E-state index in [-0.39, 0.29) is 11.9 Å². The number of rotatable bonds is 10. The molecule has 3 nitrogen and oxygen atoms in total. The molecule has 0 N–H and O–H groups in total. The molecule has 8 heteroatoms. The molecule has 1 aliphatic heterocycles. The summed E-state index contributed by atoms with van der Waals surface area (Å²) in [6.07, 6.45) is 7.44. The summed E-state index contributed by atoms with van der Waals surface area (Å²) < 4.78 is 90.0. The van der Waals surface area contributed by atoms with E-state index in [2.05, 4.69) is 6.92 Å². The molecule has 232 valence electrons. The predicted octanol–water partition coefficient (Wildman–Crippen LogP) is 9.92. The van der Waals surface area contributed by atoms with Gasteiger partial charge in [0.1, 0.15) is 23.2 Å². The van der Waals surface area contributed by atoms with E-state index in [1.165, 1.54) is 31.4 Å². The van der Waals surface area contributed by atoms with Crippen LogP contribution in [0.5, 0.6) is 5.75 Å². The fourth-order valence-electron chi connectivity index (χ4n) is 7.24. The standard InChI is InChI=1S/C34H43F5O3/c1-2-3-4-5-22-20-40-33(41-21-22)26-8-6-23(7-9-26)24-10-14-27(15-11-24)34(38,39)42-29-18-30(36)32(31(37)19-29)25-12-16-28(35)17-13-25/h12-13,16-19,22-24,26-27,33H,2-11,14-15,20-21H2,1H3. The van der Waals surface area contributed by atoms with Crippen molar-refractivity contribution in [1.82, 2.24) is 0 Å². The molecule has 1 heterocycles. The molecule has 3 aliphatic rings. The Bertz CT molecular complexity index is 1110. The van der Waals surface area contributed by atoms with Crippen LogP contribution in [0.1, 0.15) is 84.0 Å². The molecule has 2 saturated carbocycles. The first-order chi connectivity index (χ1) is 20.2. The lowest BCUT2D eigenvalue weighted by molar-refractivity contribution is -0.232. The van der Waals surface area contributed by atoms with Crippen LogP contribution in [0.4, 0.5) is 22.0 Å². The lowest BCUT2D eigenvalue weighted by atomic mass is 9.69. The average molecular weight is 595 g/mol. The molecular weight excluding hydrogens is 551 g/mol. The van der Waals surface area contributed by atoms with E-state index in [9.17, 15) is 13.2 Å². The van der Waals surface area contributed by atoms with Crippen molar-refractivity contribution >= 4 is 0 Å². The normalized spacial score (nSPS) is 28.9. The van der Waals surface area contributed by atoms with Gasteiger partial charge in [-0.15, -0.1) is 0 Å². The van der Waals surface area contributed by atoms with Crippen LogP contribution >= 0.6 is 0 Å². The second-order valence-corrected chi connectivity index (χ2v) is 12.6. The Labute approximate surface area is 246 Å². The first-order valence-corrected chi connectivity index (χ1v) is 15.8. The van der Waals surface area contributed by atoms with Crippen molar-refractivity contribution < 1.29 is 36.2 Å². The third-order valence-corrected chi connectivity index (χ3v) is 9.73. The molecular formula is C34H43F5O3. The molecule has 0 amide bonds. The summed E-state index contributed by atoms with van der Waals surface area (Å²) in [4.78, 5) is 0. The number of benzene rings is 2. The van der Waals surface area contributed by atoms with Gasteiger partial charge in [0.15, 0.2) is 6.29 Å². The highest BCUT2D eigenvalue weighted by Gasteiger charge is 2.45. The van der Waals surface area contributed by atoms with Crippen molar-refractivity contribution in [3.63, 3.8) is 0 Å². The zero-order chi connectivity index (χ0) is 29.7. The Balaban J connectivity index is 1.07. The summed E-state index contributed by atoms with van der Waals surface area (Å²) in [6.45, 7) is 3.78. The fraction of sp³-hybridized carbons (Fsp3) is 0.647. The topological polar surface area (TPSA) is 27.7 Å². The minimum Gasteiger partial charge on any atom is -0.432 e. The molecule has 0 radical (unpaired) electrons. The SMILES string of the molecule is CCCCCC1COC(C2CCC(C3CCC(C(F)(F)Oc4cc(F)c(-c5ccc(F)cc5)c(F)c4)CC3)CC2)OC1. The molecule has 0 spiro atoms. The summed E-state index contributed by atoms with van der Waals surface area (Å²) >= 11 is 0. The van der Waals surface area contributed by atoms with Crippen LogP contribution < -0.4 is 4.74 Å². The highest BCUT2D eigenvalue weighted by atomic mass is 19.3. The monoisotopic (exact) mass is 594 g/mol. The van der Waals surface area contributed by atoms with Gasteiger partial charge < -0.3 is 14.2 Å². The van der Waals surface area contributed by atoms with Gasteiger partial charge in [0.25, 0.3) is 0 Å². The Kier molecular flexibility index (Phi) is 10.5. The van der Waals surface area contributed by atoms with E-state index < -0.39 is 40.8 Å². The minimum absolute atomic E-state index is 0.112. The molecule has 42 heavy (non-hydrogen) atoms. The Morgan fingerprint density at radius 3 is 1.88 bits per heavy atom. The zero-order valence-corrected chi connectivity index (χ0v) is 24.4. The smallest absolute Gasteiger partial charge is 0.400 e. The van der Waals surface area contributed by atoms with Gasteiger partial charge in [-0.05, 0) is 87.3 Å². The molecule has 5 rings (SSSR count). The van der Waals surface area contributed by atoms with Gasteiger partial charge in [-0.2, -0.15) is 8.78 Å². The highest BCUT2D eigenvalue weighted by molar-refractivity contribution is 5.65.